The maximum atomic E-state index is 5.67. The third-order valence-corrected chi connectivity index (χ3v) is 7.57. The van der Waals surface area contributed by atoms with E-state index in [9.17, 15) is 0 Å². The number of hydrogen-bond donors (Lipinski definition) is 0. The summed E-state index contributed by atoms with van der Waals surface area (Å²) in [7, 11) is 13.5. The van der Waals surface area contributed by atoms with Crippen LogP contribution in [-0.2, 0) is 112 Å². The number of hydrogen-bond acceptors (Lipinski definition) is 2. The summed E-state index contributed by atoms with van der Waals surface area (Å²) in [6.07, 6.45) is 0. The van der Waals surface area contributed by atoms with Crippen LogP contribution in [-0.4, -0.2) is 17.7 Å². The monoisotopic (exact) mass is 883 g/mol. The number of nitrogens with zero attached hydrogens (tertiary/aromatic N) is 2. The van der Waals surface area contributed by atoms with Crippen molar-refractivity contribution in [1.82, 2.24) is 0 Å². The van der Waals surface area contributed by atoms with Crippen molar-refractivity contribution in [2.45, 2.75) is 41.5 Å². The molecule has 1 fully saturated rings. The Balaban J connectivity index is 0. The van der Waals surface area contributed by atoms with Crippen molar-refractivity contribution in [3.05, 3.63) is 107 Å². The molecule has 1 aliphatic rings. The molecule has 0 N–H and O–H groups in total. The summed E-state index contributed by atoms with van der Waals surface area (Å²) in [5, 5.41) is 0. The summed E-state index contributed by atoms with van der Waals surface area (Å²) in [5.74, 6) is 0. The molecule has 0 aliphatic carbocycles. The number of rotatable bonds is 3. The molecule has 2 nitrogen and oxygen atoms in total. The van der Waals surface area contributed by atoms with E-state index in [4.69, 9.17) is 19.4 Å². The molecule has 0 saturated carbocycles. The Morgan fingerprint density at radius 2 is 1.05 bits per heavy atom. The van der Waals surface area contributed by atoms with Gasteiger partial charge in [-0.25, -0.2) is 0 Å². The molecular weight excluding hydrogens is 846 g/mol. The van der Waals surface area contributed by atoms with Gasteiger partial charge in [0, 0.05) is 123 Å². The fourth-order valence-electron chi connectivity index (χ4n) is 4.70. The van der Waals surface area contributed by atoms with Gasteiger partial charge in [-0.2, -0.15) is 6.67 Å². The second-order valence-electron chi connectivity index (χ2n) is 8.71. The van der Waals surface area contributed by atoms with Crippen LogP contribution >= 0.6 is 28.6 Å². The van der Waals surface area contributed by atoms with E-state index < -0.39 is 13.5 Å². The van der Waals surface area contributed by atoms with Crippen molar-refractivity contribution in [3.8, 4) is 0 Å². The van der Waals surface area contributed by atoms with E-state index in [2.05, 4.69) is 98.2 Å². The summed E-state index contributed by atoms with van der Waals surface area (Å²) >= 11 is -1.61. The first-order valence-corrected chi connectivity index (χ1v) is 17.8. The van der Waals surface area contributed by atoms with E-state index in [0.29, 0.717) is 0 Å². The zero-order valence-electron chi connectivity index (χ0n) is 23.3. The van der Waals surface area contributed by atoms with Gasteiger partial charge in [-0.05, 0) is 63.8 Å². The molecule has 1 heterocycles. The van der Waals surface area contributed by atoms with Crippen molar-refractivity contribution in [2.75, 3.05) is 22.9 Å². The van der Waals surface area contributed by atoms with Crippen molar-refractivity contribution < 1.29 is 112 Å². The summed E-state index contributed by atoms with van der Waals surface area (Å²) < 4.78 is 1.92. The SMILES string of the molecule is Cc1cc(C)c(N2[CH-]N(c3c(C)cc(C)cc3C)CC2)c(C)c1.[CH2-]P.[Cl][Ru]([Cl])=[CH]c1ccccc1.[Y].[Y].[Y]. The zero-order valence-corrected chi connectivity index (χ0v) is 36.2. The van der Waals surface area contributed by atoms with Crippen LogP contribution in [0.1, 0.15) is 38.9 Å². The summed E-state index contributed by atoms with van der Waals surface area (Å²) in [4.78, 5) is 4.81. The molecule has 3 aromatic rings. The van der Waals surface area contributed by atoms with E-state index in [0.717, 1.165) is 18.7 Å². The van der Waals surface area contributed by atoms with Gasteiger partial charge in [0.2, 0.25) is 0 Å². The Kier molecular flexibility index (Phi) is 24.1. The Bertz CT molecular complexity index is 1050. The molecule has 201 valence electrons. The third kappa shape index (κ3) is 13.2. The van der Waals surface area contributed by atoms with E-state index >= 15 is 0 Å². The van der Waals surface area contributed by atoms with Gasteiger partial charge in [0.05, 0.1) is 0 Å². The van der Waals surface area contributed by atoms with E-state index in [1.165, 1.54) is 44.8 Å². The molecule has 0 amide bonds. The number of aryl methyl sites for hydroxylation is 6. The third-order valence-electron chi connectivity index (χ3n) is 5.70. The first kappa shape index (κ1) is 42.2. The van der Waals surface area contributed by atoms with Crippen molar-refractivity contribution in [3.63, 3.8) is 0 Å². The van der Waals surface area contributed by atoms with Crippen molar-refractivity contribution in [1.29, 1.82) is 0 Å². The molecule has 4 rings (SSSR count). The van der Waals surface area contributed by atoms with Gasteiger partial charge in [0.15, 0.2) is 0 Å². The molecule has 0 spiro atoms. The average molecular weight is 883 g/mol. The van der Waals surface area contributed by atoms with Crippen LogP contribution in [0.25, 0.3) is 0 Å². The molecule has 1 aliphatic heterocycles. The zero-order chi connectivity index (χ0) is 26.1. The molecule has 38 heavy (non-hydrogen) atoms. The predicted octanol–water partition coefficient (Wildman–Crippen LogP) is 8.39. The predicted molar refractivity (Wildman–Crippen MR) is 159 cm³/mol. The van der Waals surface area contributed by atoms with Crippen LogP contribution in [0.3, 0.4) is 0 Å². The van der Waals surface area contributed by atoms with Gasteiger partial charge < -0.3 is 25.7 Å². The Morgan fingerprint density at radius 3 is 1.37 bits per heavy atom. The van der Waals surface area contributed by atoms with Gasteiger partial charge in [0.1, 0.15) is 0 Å². The topological polar surface area (TPSA) is 6.48 Å². The van der Waals surface area contributed by atoms with Crippen LogP contribution < -0.4 is 9.80 Å². The standard InChI is InChI=1S/C21H27N2.C7H6.CH4P.2ClH.Ru.3Y/c1-14-9-16(3)20(17(4)10-14)22-7-8-23(13-22)21-18(5)11-15(2)12-19(21)6;1-7-5-3-2-4-6-7;1-2;;;;;;/h9-13H,7-8H2,1-6H3;1-6H;1-2H2;2*1H;;;;/q-1;;-1;;;+2;;;/p-2. The molecule has 1 unspecified atom stereocenters. The first-order chi connectivity index (χ1) is 16.7. The number of benzene rings is 3. The van der Waals surface area contributed by atoms with Gasteiger partial charge in [0.25, 0.3) is 0 Å². The van der Waals surface area contributed by atoms with E-state index in [1.807, 2.05) is 34.9 Å². The summed E-state index contributed by atoms with van der Waals surface area (Å²) in [5.41, 5.74) is 12.0. The van der Waals surface area contributed by atoms with Crippen LogP contribution in [0.5, 0.6) is 0 Å². The molecule has 3 radical (unpaired) electrons. The maximum absolute atomic E-state index is 5.67. The van der Waals surface area contributed by atoms with Crippen LogP contribution in [0.2, 0.25) is 0 Å². The average Bonchev–Trinajstić information content (AvgIpc) is 3.23. The largest absolute Gasteiger partial charge is 0 e. The summed E-state index contributed by atoms with van der Waals surface area (Å²) in [6, 6.07) is 19.0. The van der Waals surface area contributed by atoms with Crippen LogP contribution in [0.15, 0.2) is 54.6 Å². The van der Waals surface area contributed by atoms with Crippen LogP contribution in [0.4, 0.5) is 11.4 Å². The van der Waals surface area contributed by atoms with Gasteiger partial charge in [-0.1, -0.05) is 35.4 Å². The smallest absolute Gasteiger partial charge is 0 e. The fraction of sp³-hybridized carbons (Fsp3) is 0.276. The van der Waals surface area contributed by atoms with Gasteiger partial charge in [-0.3, -0.25) is 0 Å². The van der Waals surface area contributed by atoms with Gasteiger partial charge in [-0.15, -0.1) is 0 Å². The Labute approximate surface area is 322 Å². The minimum absolute atomic E-state index is 0. The van der Waals surface area contributed by atoms with Crippen molar-refractivity contribution >= 4 is 44.6 Å². The van der Waals surface area contributed by atoms with E-state index in [-0.39, 0.29) is 98.1 Å². The van der Waals surface area contributed by atoms with Crippen molar-refractivity contribution in [2.24, 2.45) is 0 Å². The minimum Gasteiger partial charge on any atom is 0 e. The second-order valence-corrected chi connectivity index (χ2v) is 14.4. The molecule has 9 heteroatoms. The first-order valence-electron chi connectivity index (χ1n) is 11.5. The van der Waals surface area contributed by atoms with Gasteiger partial charge >= 0.3 is 73.4 Å². The minimum atomic E-state index is -1.61. The molecule has 1 saturated heterocycles. The number of anilines is 2. The van der Waals surface area contributed by atoms with Crippen LogP contribution in [0, 0.1) is 54.9 Å². The molecule has 3 aromatic carbocycles. The fourth-order valence-corrected chi connectivity index (χ4v) is 6.53. The quantitative estimate of drug-likeness (QED) is 0.148. The Hall–Kier alpha value is 2.08. The maximum Gasteiger partial charge on any atom is 0 e. The molecule has 1 atom stereocenters. The summed E-state index contributed by atoms with van der Waals surface area (Å²) in [6.45, 7) is 20.7. The normalized spacial score (nSPS) is 11.9. The van der Waals surface area contributed by atoms with E-state index in [1.54, 1.807) is 0 Å². The molecular formula is C29H37Cl2N2PRuY3-2. The molecule has 0 aromatic heterocycles. The number of halogens is 2. The Morgan fingerprint density at radius 1 is 0.711 bits per heavy atom. The second kappa shape index (κ2) is 21.7. The molecule has 0 bridgehead atoms.